The fourth-order valence-electron chi connectivity index (χ4n) is 2.18. The highest BCUT2D eigenvalue weighted by Gasteiger charge is 2.20. The van der Waals surface area contributed by atoms with E-state index in [-0.39, 0.29) is 0 Å². The Morgan fingerprint density at radius 3 is 2.48 bits per heavy atom. The molecule has 0 fully saturated rings. The van der Waals surface area contributed by atoms with Crippen LogP contribution in [0.25, 0.3) is 11.1 Å². The van der Waals surface area contributed by atoms with E-state index in [2.05, 4.69) is 9.97 Å². The molecule has 0 radical (unpaired) electrons. The van der Waals surface area contributed by atoms with Crippen LogP contribution < -0.4 is 16.8 Å². The van der Waals surface area contributed by atoms with Crippen LogP contribution >= 0.6 is 23.4 Å². The number of hydrogen-bond acceptors (Lipinski definition) is 6. The van der Waals surface area contributed by atoms with E-state index < -0.39 is 17.2 Å². The molecule has 25 heavy (non-hydrogen) atoms. The SMILES string of the molecule is CCc1nc(S[C@@H](C)C(=O)NC(N)=O)nc(N)c1-c1ccc(Cl)cc1. The normalized spacial score (nSPS) is 11.8. The predicted octanol–water partition coefficient (Wildman–Crippen LogP) is 2.62. The van der Waals surface area contributed by atoms with Gasteiger partial charge in [0, 0.05) is 10.6 Å². The molecule has 1 aromatic carbocycles. The van der Waals surface area contributed by atoms with Gasteiger partial charge in [0.15, 0.2) is 5.16 Å². The molecule has 0 unspecified atom stereocenters. The topological polar surface area (TPSA) is 124 Å². The summed E-state index contributed by atoms with van der Waals surface area (Å²) in [4.78, 5) is 31.3. The number of nitrogens with zero attached hydrogens (tertiary/aromatic N) is 2. The van der Waals surface area contributed by atoms with Crippen molar-refractivity contribution < 1.29 is 9.59 Å². The number of aryl methyl sites for hydroxylation is 1. The first-order valence-electron chi connectivity index (χ1n) is 7.51. The molecule has 0 bridgehead atoms. The molecular formula is C16H18ClN5O2S. The van der Waals surface area contributed by atoms with Gasteiger partial charge in [-0.2, -0.15) is 0 Å². The van der Waals surface area contributed by atoms with Gasteiger partial charge < -0.3 is 11.5 Å². The van der Waals surface area contributed by atoms with Crippen LogP contribution in [0.4, 0.5) is 10.6 Å². The summed E-state index contributed by atoms with van der Waals surface area (Å²) in [5.41, 5.74) is 13.5. The minimum atomic E-state index is -0.898. The van der Waals surface area contributed by atoms with E-state index >= 15 is 0 Å². The lowest BCUT2D eigenvalue weighted by atomic mass is 10.0. The number of carbonyl (C=O) groups excluding carboxylic acids is 2. The third-order valence-electron chi connectivity index (χ3n) is 3.36. The highest BCUT2D eigenvalue weighted by molar-refractivity contribution is 8.00. The fourth-order valence-corrected chi connectivity index (χ4v) is 3.10. The summed E-state index contributed by atoms with van der Waals surface area (Å²) in [5, 5.41) is 2.42. The third kappa shape index (κ3) is 4.83. The minimum absolute atomic E-state index is 0.319. The van der Waals surface area contributed by atoms with Crippen LogP contribution in [0.3, 0.4) is 0 Å². The maximum atomic E-state index is 11.8. The zero-order chi connectivity index (χ0) is 18.6. The number of nitrogens with one attached hydrogen (secondary N) is 1. The average Bonchev–Trinajstić information content (AvgIpc) is 2.54. The van der Waals surface area contributed by atoms with Crippen molar-refractivity contribution in [1.29, 1.82) is 0 Å². The van der Waals surface area contributed by atoms with Crippen molar-refractivity contribution in [3.8, 4) is 11.1 Å². The van der Waals surface area contributed by atoms with E-state index in [0.29, 0.717) is 22.4 Å². The van der Waals surface area contributed by atoms with Gasteiger partial charge in [-0.05, 0) is 31.0 Å². The molecule has 0 spiro atoms. The molecule has 0 aliphatic rings. The average molecular weight is 380 g/mol. The van der Waals surface area contributed by atoms with Gasteiger partial charge in [-0.1, -0.05) is 42.4 Å². The van der Waals surface area contributed by atoms with E-state index in [4.69, 9.17) is 23.1 Å². The van der Waals surface area contributed by atoms with Gasteiger partial charge in [0.1, 0.15) is 5.82 Å². The Morgan fingerprint density at radius 1 is 1.28 bits per heavy atom. The number of hydrogen-bond donors (Lipinski definition) is 3. The minimum Gasteiger partial charge on any atom is -0.383 e. The Hall–Kier alpha value is -2.32. The highest BCUT2D eigenvalue weighted by Crippen LogP contribution is 2.31. The van der Waals surface area contributed by atoms with E-state index in [1.807, 2.05) is 24.4 Å². The number of amides is 3. The van der Waals surface area contributed by atoms with Crippen molar-refractivity contribution in [1.82, 2.24) is 15.3 Å². The summed E-state index contributed by atoms with van der Waals surface area (Å²) < 4.78 is 0. The van der Waals surface area contributed by atoms with E-state index in [9.17, 15) is 9.59 Å². The molecule has 132 valence electrons. The van der Waals surface area contributed by atoms with Crippen molar-refractivity contribution >= 4 is 41.1 Å². The Labute approximate surface area is 154 Å². The molecule has 0 aliphatic carbocycles. The van der Waals surface area contributed by atoms with E-state index in [1.165, 1.54) is 0 Å². The summed E-state index contributed by atoms with van der Waals surface area (Å²) in [5.74, 6) is -0.196. The number of urea groups is 1. The van der Waals surface area contributed by atoms with Gasteiger partial charge in [0.25, 0.3) is 0 Å². The van der Waals surface area contributed by atoms with Crippen molar-refractivity contribution in [3.63, 3.8) is 0 Å². The first-order valence-corrected chi connectivity index (χ1v) is 8.76. The van der Waals surface area contributed by atoms with E-state index in [1.54, 1.807) is 19.1 Å². The maximum absolute atomic E-state index is 11.8. The monoisotopic (exact) mass is 379 g/mol. The predicted molar refractivity (Wildman–Crippen MR) is 99.3 cm³/mol. The van der Waals surface area contributed by atoms with Crippen LogP contribution in [-0.4, -0.2) is 27.2 Å². The smallest absolute Gasteiger partial charge is 0.318 e. The number of carbonyl (C=O) groups is 2. The van der Waals surface area contributed by atoms with Crippen LogP contribution in [0.2, 0.25) is 5.02 Å². The molecule has 3 amide bonds. The molecule has 9 heteroatoms. The van der Waals surface area contributed by atoms with Crippen LogP contribution in [0.1, 0.15) is 19.5 Å². The molecule has 1 aromatic heterocycles. The Balaban J connectivity index is 2.31. The van der Waals surface area contributed by atoms with Gasteiger partial charge in [-0.15, -0.1) is 0 Å². The zero-order valence-electron chi connectivity index (χ0n) is 13.7. The van der Waals surface area contributed by atoms with Crippen molar-refractivity contribution in [2.75, 3.05) is 5.73 Å². The standard InChI is InChI=1S/C16H18ClN5O2S/c1-3-11-12(9-4-6-10(17)7-5-9)13(18)21-16(20-11)25-8(2)14(23)22-15(19)24/h4-8H,3H2,1-2H3,(H2,18,20,21)(H3,19,22,23,24)/t8-/m0/s1. The number of halogens is 1. The number of benzene rings is 1. The van der Waals surface area contributed by atoms with Crippen molar-refractivity contribution in [2.24, 2.45) is 5.73 Å². The fraction of sp³-hybridized carbons (Fsp3) is 0.250. The summed E-state index contributed by atoms with van der Waals surface area (Å²) in [6, 6.07) is 6.35. The molecule has 0 aliphatic heterocycles. The second-order valence-corrected chi connectivity index (χ2v) is 6.93. The number of anilines is 1. The molecule has 2 aromatic rings. The molecule has 1 atom stereocenters. The highest BCUT2D eigenvalue weighted by atomic mass is 35.5. The van der Waals surface area contributed by atoms with Gasteiger partial charge >= 0.3 is 6.03 Å². The quantitative estimate of drug-likeness (QED) is 0.541. The molecule has 5 N–H and O–H groups in total. The van der Waals surface area contributed by atoms with Gasteiger partial charge in [0.05, 0.1) is 10.9 Å². The van der Waals surface area contributed by atoms with Gasteiger partial charge in [-0.25, -0.2) is 14.8 Å². The van der Waals surface area contributed by atoms with Crippen molar-refractivity contribution in [2.45, 2.75) is 30.7 Å². The van der Waals surface area contributed by atoms with E-state index in [0.717, 1.165) is 28.6 Å². The number of rotatable bonds is 5. The first kappa shape index (κ1) is 19.0. The molecule has 1 heterocycles. The number of nitrogen functional groups attached to an aromatic ring is 1. The van der Waals surface area contributed by atoms with Crippen LogP contribution in [0.5, 0.6) is 0 Å². The number of imide groups is 1. The number of primary amides is 1. The van der Waals surface area contributed by atoms with Crippen LogP contribution in [0.15, 0.2) is 29.4 Å². The molecule has 2 rings (SSSR count). The number of thioether (sulfide) groups is 1. The zero-order valence-corrected chi connectivity index (χ0v) is 15.3. The van der Waals surface area contributed by atoms with Crippen LogP contribution in [0, 0.1) is 0 Å². The second-order valence-electron chi connectivity index (χ2n) is 5.19. The molecule has 0 saturated heterocycles. The Kier molecular flexibility index (Phi) is 6.22. The third-order valence-corrected chi connectivity index (χ3v) is 4.57. The van der Waals surface area contributed by atoms with Crippen molar-refractivity contribution in [3.05, 3.63) is 35.0 Å². The largest absolute Gasteiger partial charge is 0.383 e. The lowest BCUT2D eigenvalue weighted by molar-refractivity contribution is -0.119. The summed E-state index contributed by atoms with van der Waals surface area (Å²) >= 11 is 7.02. The number of nitrogens with two attached hydrogens (primary N) is 2. The molecule has 7 nitrogen and oxygen atoms in total. The molecular weight excluding hydrogens is 362 g/mol. The van der Waals surface area contributed by atoms with Gasteiger partial charge in [0.2, 0.25) is 5.91 Å². The Morgan fingerprint density at radius 2 is 1.92 bits per heavy atom. The lowest BCUT2D eigenvalue weighted by Gasteiger charge is -2.14. The number of aromatic nitrogens is 2. The summed E-state index contributed by atoms with van der Waals surface area (Å²) in [6.07, 6.45) is 0.639. The summed E-state index contributed by atoms with van der Waals surface area (Å²) in [7, 11) is 0. The Bertz CT molecular complexity index is 798. The van der Waals surface area contributed by atoms with Gasteiger partial charge in [-0.3, -0.25) is 10.1 Å². The summed E-state index contributed by atoms with van der Waals surface area (Å²) in [6.45, 7) is 3.58. The molecule has 0 saturated carbocycles. The first-order chi connectivity index (χ1) is 11.8. The lowest BCUT2D eigenvalue weighted by Crippen LogP contribution is -2.39. The second kappa shape index (κ2) is 8.17. The maximum Gasteiger partial charge on any atom is 0.318 e. The van der Waals surface area contributed by atoms with Crippen LogP contribution in [-0.2, 0) is 11.2 Å².